The van der Waals surface area contributed by atoms with Gasteiger partial charge >= 0.3 is 5.97 Å². The number of carboxylic acids is 1. The molecule has 0 fully saturated rings. The van der Waals surface area contributed by atoms with Crippen molar-refractivity contribution in [2.75, 3.05) is 0 Å². The van der Waals surface area contributed by atoms with Gasteiger partial charge in [-0.3, -0.25) is 9.36 Å². The lowest BCUT2D eigenvalue weighted by Crippen LogP contribution is -2.22. The Labute approximate surface area is 148 Å². The first kappa shape index (κ1) is 16.0. The second-order valence-corrected chi connectivity index (χ2v) is 7.68. The van der Waals surface area contributed by atoms with Gasteiger partial charge in [0.2, 0.25) is 0 Å². The number of hydrogen-bond donors (Lipinski definition) is 1. The van der Waals surface area contributed by atoms with E-state index in [0.29, 0.717) is 12.5 Å². The van der Waals surface area contributed by atoms with Crippen LogP contribution in [0.1, 0.15) is 52.0 Å². The molecule has 0 radical (unpaired) electrons. The third-order valence-corrected chi connectivity index (χ3v) is 6.05. The minimum atomic E-state index is -0.953. The van der Waals surface area contributed by atoms with Crippen molar-refractivity contribution in [1.29, 1.82) is 0 Å². The van der Waals surface area contributed by atoms with Crippen LogP contribution in [0.25, 0.3) is 10.2 Å². The number of aromatic nitrogens is 2. The zero-order valence-corrected chi connectivity index (χ0v) is 14.7. The van der Waals surface area contributed by atoms with Crippen molar-refractivity contribution in [3.8, 4) is 0 Å². The fraction of sp³-hybridized carbons (Fsp3) is 0.316. The van der Waals surface area contributed by atoms with Crippen molar-refractivity contribution < 1.29 is 9.90 Å². The molecule has 1 aliphatic carbocycles. The van der Waals surface area contributed by atoms with E-state index in [0.717, 1.165) is 28.6 Å². The minimum absolute atomic E-state index is 0.00133. The molecule has 2 heterocycles. The molecule has 0 amide bonds. The Balaban J connectivity index is 1.75. The smallest absolute Gasteiger partial charge is 0.335 e. The van der Waals surface area contributed by atoms with E-state index in [4.69, 9.17) is 5.11 Å². The lowest BCUT2D eigenvalue weighted by molar-refractivity contribution is 0.0697. The summed E-state index contributed by atoms with van der Waals surface area (Å²) in [6.45, 7) is 2.58. The molecule has 0 bridgehead atoms. The summed E-state index contributed by atoms with van der Waals surface area (Å²) in [4.78, 5) is 30.6. The van der Waals surface area contributed by atoms with Gasteiger partial charge in [-0.25, -0.2) is 9.78 Å². The van der Waals surface area contributed by atoms with E-state index in [-0.39, 0.29) is 11.1 Å². The molecule has 25 heavy (non-hydrogen) atoms. The van der Waals surface area contributed by atoms with Crippen LogP contribution in [0.2, 0.25) is 0 Å². The van der Waals surface area contributed by atoms with E-state index in [1.165, 1.54) is 16.9 Å². The van der Waals surface area contributed by atoms with Crippen LogP contribution in [-0.2, 0) is 13.0 Å². The molecule has 0 saturated carbocycles. The van der Waals surface area contributed by atoms with Crippen LogP contribution in [0, 0.1) is 0 Å². The van der Waals surface area contributed by atoms with E-state index < -0.39 is 5.97 Å². The summed E-state index contributed by atoms with van der Waals surface area (Å²) >= 11 is 1.65. The first-order valence-corrected chi connectivity index (χ1v) is 9.19. The van der Waals surface area contributed by atoms with Crippen LogP contribution in [-0.4, -0.2) is 20.6 Å². The fourth-order valence-electron chi connectivity index (χ4n) is 3.58. The average molecular weight is 354 g/mol. The molecule has 2 aromatic heterocycles. The van der Waals surface area contributed by atoms with Crippen molar-refractivity contribution >= 4 is 27.5 Å². The SMILES string of the molecule is CC1CCCc2sc3ncn(Cc4ccc(C(=O)O)cc4)c(=O)c3c21. The molecule has 1 N–H and O–H groups in total. The molecule has 1 aromatic carbocycles. The first-order chi connectivity index (χ1) is 12.0. The highest BCUT2D eigenvalue weighted by molar-refractivity contribution is 7.18. The molecular formula is C19H18N2O3S. The average Bonchev–Trinajstić information content (AvgIpc) is 2.98. The molecule has 1 aliphatic rings. The first-order valence-electron chi connectivity index (χ1n) is 8.37. The van der Waals surface area contributed by atoms with Gasteiger partial charge in [0.25, 0.3) is 5.56 Å². The number of nitrogens with zero attached hydrogens (tertiary/aromatic N) is 2. The standard InChI is InChI=1S/C19H18N2O3S/c1-11-3-2-4-14-15(11)16-17(25-14)20-10-21(18(16)22)9-12-5-7-13(8-6-12)19(23)24/h5-8,10-11H,2-4,9H2,1H3,(H,23,24). The van der Waals surface area contributed by atoms with Crippen LogP contribution < -0.4 is 5.56 Å². The van der Waals surface area contributed by atoms with E-state index in [1.807, 2.05) is 0 Å². The molecule has 1 atom stereocenters. The van der Waals surface area contributed by atoms with Crippen molar-refractivity contribution in [2.45, 2.75) is 38.6 Å². The zero-order valence-electron chi connectivity index (χ0n) is 13.9. The van der Waals surface area contributed by atoms with Crippen LogP contribution in [0.4, 0.5) is 0 Å². The van der Waals surface area contributed by atoms with Gasteiger partial charge in [0, 0.05) is 4.88 Å². The third-order valence-electron chi connectivity index (χ3n) is 4.88. The Kier molecular flexibility index (Phi) is 3.92. The quantitative estimate of drug-likeness (QED) is 0.779. The summed E-state index contributed by atoms with van der Waals surface area (Å²) in [5.74, 6) is -0.552. The summed E-state index contributed by atoms with van der Waals surface area (Å²) in [5.41, 5.74) is 2.31. The van der Waals surface area contributed by atoms with Gasteiger partial charge in [0.05, 0.1) is 23.8 Å². The van der Waals surface area contributed by atoms with E-state index >= 15 is 0 Å². The summed E-state index contributed by atoms with van der Waals surface area (Å²) in [6, 6.07) is 6.60. The Morgan fingerprint density at radius 3 is 2.84 bits per heavy atom. The number of thiophene rings is 1. The lowest BCUT2D eigenvalue weighted by Gasteiger charge is -2.18. The number of aryl methyl sites for hydroxylation is 1. The molecule has 6 heteroatoms. The number of rotatable bonds is 3. The summed E-state index contributed by atoms with van der Waals surface area (Å²) in [7, 11) is 0. The van der Waals surface area contributed by atoms with Gasteiger partial charge in [0.1, 0.15) is 4.83 Å². The molecular weight excluding hydrogens is 336 g/mol. The summed E-state index contributed by atoms with van der Waals surface area (Å²) in [6.07, 6.45) is 4.92. The highest BCUT2D eigenvalue weighted by Crippen LogP contribution is 2.39. The van der Waals surface area contributed by atoms with Crippen LogP contribution >= 0.6 is 11.3 Å². The largest absolute Gasteiger partial charge is 0.478 e. The Morgan fingerprint density at radius 1 is 1.36 bits per heavy atom. The van der Waals surface area contributed by atoms with Crippen LogP contribution in [0.3, 0.4) is 0 Å². The van der Waals surface area contributed by atoms with Gasteiger partial charge in [-0.05, 0) is 48.4 Å². The summed E-state index contributed by atoms with van der Waals surface area (Å²) in [5, 5.41) is 9.75. The van der Waals surface area contributed by atoms with Crippen LogP contribution in [0.5, 0.6) is 0 Å². The molecule has 0 spiro atoms. The molecule has 5 nitrogen and oxygen atoms in total. The summed E-state index contributed by atoms with van der Waals surface area (Å²) < 4.78 is 1.62. The lowest BCUT2D eigenvalue weighted by atomic mass is 9.88. The predicted molar refractivity (Wildman–Crippen MR) is 97.7 cm³/mol. The predicted octanol–water partition coefficient (Wildman–Crippen LogP) is 3.64. The van der Waals surface area contributed by atoms with Gasteiger partial charge in [-0.15, -0.1) is 11.3 Å². The Hall–Kier alpha value is -2.47. The number of carbonyl (C=O) groups is 1. The maximum absolute atomic E-state index is 13.0. The second kappa shape index (κ2) is 6.11. The van der Waals surface area contributed by atoms with Crippen molar-refractivity contribution in [1.82, 2.24) is 9.55 Å². The van der Waals surface area contributed by atoms with Crippen molar-refractivity contribution in [3.05, 3.63) is 62.5 Å². The molecule has 0 aliphatic heterocycles. The number of benzene rings is 1. The Bertz CT molecular complexity index is 1020. The fourth-order valence-corrected chi connectivity index (χ4v) is 4.87. The highest BCUT2D eigenvalue weighted by Gasteiger charge is 2.24. The molecule has 0 saturated heterocycles. The van der Waals surface area contributed by atoms with Gasteiger partial charge in [0.15, 0.2) is 0 Å². The Morgan fingerprint density at radius 2 is 2.12 bits per heavy atom. The van der Waals surface area contributed by atoms with Crippen molar-refractivity contribution in [3.63, 3.8) is 0 Å². The topological polar surface area (TPSA) is 72.2 Å². The maximum atomic E-state index is 13.0. The number of carboxylic acid groups (broad SMARTS) is 1. The second-order valence-electron chi connectivity index (χ2n) is 6.59. The van der Waals surface area contributed by atoms with E-state index in [1.54, 1.807) is 46.5 Å². The van der Waals surface area contributed by atoms with Gasteiger partial charge in [-0.1, -0.05) is 19.1 Å². The molecule has 4 rings (SSSR count). The monoisotopic (exact) mass is 354 g/mol. The minimum Gasteiger partial charge on any atom is -0.478 e. The van der Waals surface area contributed by atoms with Gasteiger partial charge < -0.3 is 5.11 Å². The molecule has 1 unspecified atom stereocenters. The van der Waals surface area contributed by atoms with E-state index in [2.05, 4.69) is 11.9 Å². The van der Waals surface area contributed by atoms with Crippen molar-refractivity contribution in [2.24, 2.45) is 0 Å². The van der Waals surface area contributed by atoms with Gasteiger partial charge in [-0.2, -0.15) is 0 Å². The highest BCUT2D eigenvalue weighted by atomic mass is 32.1. The molecule has 3 aromatic rings. The maximum Gasteiger partial charge on any atom is 0.335 e. The number of hydrogen-bond acceptors (Lipinski definition) is 4. The van der Waals surface area contributed by atoms with Crippen LogP contribution in [0.15, 0.2) is 35.4 Å². The number of fused-ring (bicyclic) bond motifs is 3. The third kappa shape index (κ3) is 2.76. The zero-order chi connectivity index (χ0) is 17.6. The number of aromatic carboxylic acids is 1. The normalized spacial score (nSPS) is 16.8. The molecule has 128 valence electrons. The van der Waals surface area contributed by atoms with E-state index in [9.17, 15) is 9.59 Å².